The minimum Gasteiger partial charge on any atom is -0.478 e. The van der Waals surface area contributed by atoms with Gasteiger partial charge in [0.25, 0.3) is 0 Å². The maximum Gasteiger partial charge on any atom is 0.337 e. The Morgan fingerprint density at radius 3 is 2.68 bits per heavy atom. The number of nitrogens with one attached hydrogen (secondary N) is 1. The lowest BCUT2D eigenvalue weighted by atomic mass is 9.99. The van der Waals surface area contributed by atoms with Crippen molar-refractivity contribution in [2.45, 2.75) is 33.6 Å². The summed E-state index contributed by atoms with van der Waals surface area (Å²) in [6.07, 6.45) is 2.33. The predicted octanol–water partition coefficient (Wildman–Crippen LogP) is 3.22. The van der Waals surface area contributed by atoms with Crippen LogP contribution >= 0.6 is 0 Å². The Hall–Kier alpha value is -2.04. The van der Waals surface area contributed by atoms with Crippen LogP contribution in [0.25, 0.3) is 0 Å². The molecule has 1 amide bonds. The number of rotatable bonds is 4. The van der Waals surface area contributed by atoms with E-state index < -0.39 is 5.97 Å². The largest absolute Gasteiger partial charge is 0.478 e. The molecule has 1 aromatic carbocycles. The SMILES string of the molecule is CC(C)C(=O)Nc1ccc(N2CCC[C@H](C)C2)cc1C(=O)O. The van der Waals surface area contributed by atoms with E-state index in [1.807, 2.05) is 6.07 Å². The molecule has 1 aliphatic rings. The smallest absolute Gasteiger partial charge is 0.337 e. The summed E-state index contributed by atoms with van der Waals surface area (Å²) in [5.41, 5.74) is 1.41. The van der Waals surface area contributed by atoms with Gasteiger partial charge >= 0.3 is 5.97 Å². The van der Waals surface area contributed by atoms with Crippen LogP contribution in [0.2, 0.25) is 0 Å². The summed E-state index contributed by atoms with van der Waals surface area (Å²) in [7, 11) is 0. The average molecular weight is 304 g/mol. The first kappa shape index (κ1) is 16.3. The number of carbonyl (C=O) groups excluding carboxylic acids is 1. The fourth-order valence-corrected chi connectivity index (χ4v) is 2.72. The predicted molar refractivity (Wildman–Crippen MR) is 87.5 cm³/mol. The number of carboxylic acid groups (broad SMARTS) is 1. The lowest BCUT2D eigenvalue weighted by Crippen LogP contribution is -2.34. The molecule has 2 rings (SSSR count). The van der Waals surface area contributed by atoms with Crippen molar-refractivity contribution in [3.8, 4) is 0 Å². The van der Waals surface area contributed by atoms with Gasteiger partial charge in [-0.05, 0) is 37.0 Å². The van der Waals surface area contributed by atoms with Crippen molar-refractivity contribution in [2.24, 2.45) is 11.8 Å². The molecule has 0 unspecified atom stereocenters. The zero-order chi connectivity index (χ0) is 16.3. The van der Waals surface area contributed by atoms with Gasteiger partial charge in [0, 0.05) is 24.7 Å². The number of benzene rings is 1. The third kappa shape index (κ3) is 3.78. The Morgan fingerprint density at radius 1 is 1.36 bits per heavy atom. The molecule has 0 spiro atoms. The van der Waals surface area contributed by atoms with Crippen LogP contribution in [0.5, 0.6) is 0 Å². The summed E-state index contributed by atoms with van der Waals surface area (Å²) in [5, 5.41) is 12.1. The minimum absolute atomic E-state index is 0.143. The molecule has 0 aliphatic carbocycles. The van der Waals surface area contributed by atoms with E-state index in [0.717, 1.165) is 25.2 Å². The van der Waals surface area contributed by atoms with Crippen LogP contribution in [0.15, 0.2) is 18.2 Å². The highest BCUT2D eigenvalue weighted by Gasteiger charge is 2.20. The van der Waals surface area contributed by atoms with Gasteiger partial charge in [-0.25, -0.2) is 4.79 Å². The van der Waals surface area contributed by atoms with E-state index in [2.05, 4.69) is 17.1 Å². The highest BCUT2D eigenvalue weighted by molar-refractivity contribution is 6.01. The fourth-order valence-electron chi connectivity index (χ4n) is 2.72. The summed E-state index contributed by atoms with van der Waals surface area (Å²) < 4.78 is 0. The molecule has 0 bridgehead atoms. The zero-order valence-corrected chi connectivity index (χ0v) is 13.4. The van der Waals surface area contributed by atoms with Crippen LogP contribution in [0.4, 0.5) is 11.4 Å². The van der Waals surface area contributed by atoms with Gasteiger partial charge in [0.15, 0.2) is 0 Å². The molecule has 1 fully saturated rings. The molecule has 120 valence electrons. The number of amides is 1. The molecule has 0 aromatic heterocycles. The Kier molecular flexibility index (Phi) is 5.06. The number of aromatic carboxylic acids is 1. The minimum atomic E-state index is -1.02. The second-order valence-electron chi connectivity index (χ2n) is 6.37. The molecule has 0 saturated carbocycles. The van der Waals surface area contributed by atoms with Crippen molar-refractivity contribution in [2.75, 3.05) is 23.3 Å². The fraction of sp³-hybridized carbons (Fsp3) is 0.529. The normalized spacial score (nSPS) is 18.4. The molecule has 0 radical (unpaired) electrons. The van der Waals surface area contributed by atoms with Crippen LogP contribution in [-0.4, -0.2) is 30.1 Å². The third-order valence-electron chi connectivity index (χ3n) is 4.04. The molecule has 1 saturated heterocycles. The van der Waals surface area contributed by atoms with Crippen molar-refractivity contribution >= 4 is 23.3 Å². The third-order valence-corrected chi connectivity index (χ3v) is 4.04. The Balaban J connectivity index is 2.26. The lowest BCUT2D eigenvalue weighted by molar-refractivity contribution is -0.118. The summed E-state index contributed by atoms with van der Waals surface area (Å²) in [4.78, 5) is 25.5. The summed E-state index contributed by atoms with van der Waals surface area (Å²) in [6, 6.07) is 5.25. The molecule has 1 aliphatic heterocycles. The standard InChI is InChI=1S/C17H24N2O3/c1-11(2)16(20)18-15-7-6-13(9-14(15)17(21)22)19-8-4-5-12(3)10-19/h6-7,9,11-12H,4-5,8,10H2,1-3H3,(H,18,20)(H,21,22)/t12-/m0/s1. The topological polar surface area (TPSA) is 69.6 Å². The van der Waals surface area contributed by atoms with Gasteiger partial charge in [-0.15, -0.1) is 0 Å². The summed E-state index contributed by atoms with van der Waals surface area (Å²) >= 11 is 0. The molecule has 5 nitrogen and oxygen atoms in total. The second kappa shape index (κ2) is 6.81. The maximum absolute atomic E-state index is 11.8. The monoisotopic (exact) mass is 304 g/mol. The number of nitrogens with zero attached hydrogens (tertiary/aromatic N) is 1. The van der Waals surface area contributed by atoms with Crippen molar-refractivity contribution in [1.29, 1.82) is 0 Å². The molecule has 1 aromatic rings. The first-order valence-electron chi connectivity index (χ1n) is 7.81. The molecule has 5 heteroatoms. The van der Waals surface area contributed by atoms with Gasteiger partial charge in [-0.3, -0.25) is 4.79 Å². The highest BCUT2D eigenvalue weighted by atomic mass is 16.4. The Bertz CT molecular complexity index is 569. The average Bonchev–Trinajstić information content (AvgIpc) is 2.47. The Labute approximate surface area is 131 Å². The first-order chi connectivity index (χ1) is 10.4. The Morgan fingerprint density at radius 2 is 2.09 bits per heavy atom. The number of anilines is 2. The quantitative estimate of drug-likeness (QED) is 0.896. The van der Waals surface area contributed by atoms with E-state index in [0.29, 0.717) is 11.6 Å². The van der Waals surface area contributed by atoms with Crippen molar-refractivity contribution in [3.63, 3.8) is 0 Å². The van der Waals surface area contributed by atoms with Gasteiger partial charge in [-0.1, -0.05) is 20.8 Å². The summed E-state index contributed by atoms with van der Waals surface area (Å²) in [5.74, 6) is -0.778. The van der Waals surface area contributed by atoms with E-state index in [1.54, 1.807) is 26.0 Å². The van der Waals surface area contributed by atoms with Crippen LogP contribution < -0.4 is 10.2 Å². The van der Waals surface area contributed by atoms with Crippen molar-refractivity contribution < 1.29 is 14.7 Å². The van der Waals surface area contributed by atoms with Crippen LogP contribution in [0, 0.1) is 11.8 Å². The van der Waals surface area contributed by atoms with Crippen molar-refractivity contribution in [1.82, 2.24) is 0 Å². The van der Waals surface area contributed by atoms with Crippen LogP contribution in [-0.2, 0) is 4.79 Å². The van der Waals surface area contributed by atoms with Gasteiger partial charge in [0.05, 0.1) is 11.3 Å². The molecule has 1 heterocycles. The second-order valence-corrected chi connectivity index (χ2v) is 6.37. The van der Waals surface area contributed by atoms with E-state index in [4.69, 9.17) is 0 Å². The van der Waals surface area contributed by atoms with E-state index in [9.17, 15) is 14.7 Å². The van der Waals surface area contributed by atoms with E-state index in [-0.39, 0.29) is 17.4 Å². The summed E-state index contributed by atoms with van der Waals surface area (Å²) in [6.45, 7) is 7.65. The van der Waals surface area contributed by atoms with E-state index >= 15 is 0 Å². The number of carboxylic acids is 1. The van der Waals surface area contributed by atoms with Crippen LogP contribution in [0.1, 0.15) is 44.0 Å². The van der Waals surface area contributed by atoms with Gasteiger partial charge < -0.3 is 15.3 Å². The first-order valence-corrected chi connectivity index (χ1v) is 7.81. The van der Waals surface area contributed by atoms with Gasteiger partial charge in [0.1, 0.15) is 0 Å². The number of hydrogen-bond acceptors (Lipinski definition) is 3. The maximum atomic E-state index is 11.8. The molecule has 1 atom stereocenters. The van der Waals surface area contributed by atoms with Gasteiger partial charge in [0.2, 0.25) is 5.91 Å². The molecule has 2 N–H and O–H groups in total. The lowest BCUT2D eigenvalue weighted by Gasteiger charge is -2.33. The molecular weight excluding hydrogens is 280 g/mol. The van der Waals surface area contributed by atoms with Crippen LogP contribution in [0.3, 0.4) is 0 Å². The van der Waals surface area contributed by atoms with Gasteiger partial charge in [-0.2, -0.15) is 0 Å². The number of piperidine rings is 1. The molecular formula is C17H24N2O3. The van der Waals surface area contributed by atoms with E-state index in [1.165, 1.54) is 6.42 Å². The molecule has 22 heavy (non-hydrogen) atoms. The number of hydrogen-bond donors (Lipinski definition) is 2. The highest BCUT2D eigenvalue weighted by Crippen LogP contribution is 2.27. The van der Waals surface area contributed by atoms with Crippen molar-refractivity contribution in [3.05, 3.63) is 23.8 Å². The number of carbonyl (C=O) groups is 2. The zero-order valence-electron chi connectivity index (χ0n) is 13.4.